The van der Waals surface area contributed by atoms with Gasteiger partial charge in [-0.2, -0.15) is 0 Å². The molecule has 1 aromatic carbocycles. The third kappa shape index (κ3) is 4.24. The molecule has 4 amide bonds. The molecule has 130 valence electrons. The third-order valence-electron chi connectivity index (χ3n) is 4.29. The summed E-state index contributed by atoms with van der Waals surface area (Å²) in [5.74, 6) is -0.291. The van der Waals surface area contributed by atoms with Crippen LogP contribution >= 0.6 is 0 Å². The molecule has 1 aliphatic rings. The fraction of sp³-hybridized carbons (Fsp3) is 0.471. The smallest absolute Gasteiger partial charge is 0.312 e. The molecule has 2 unspecified atom stereocenters. The number of carbonyl (C=O) groups is 3. The summed E-state index contributed by atoms with van der Waals surface area (Å²) >= 11 is 0. The van der Waals surface area contributed by atoms with Crippen LogP contribution in [0.3, 0.4) is 0 Å². The van der Waals surface area contributed by atoms with Crippen molar-refractivity contribution in [3.63, 3.8) is 0 Å². The molecule has 4 N–H and O–H groups in total. The molecule has 0 aliphatic carbocycles. The molecule has 0 spiro atoms. The van der Waals surface area contributed by atoms with E-state index in [0.717, 1.165) is 18.5 Å². The lowest BCUT2D eigenvalue weighted by atomic mass is 9.98. The van der Waals surface area contributed by atoms with Gasteiger partial charge in [0.1, 0.15) is 6.04 Å². The standard InChI is InChI=1S/C17H24N4O3/c1-3-11(2)15(20-17(18)24)16(23)19-12-6-4-7-13(10-12)21-9-5-8-14(21)22/h4,6-7,10-11,15H,3,5,8-9H2,1-2H3,(H,19,23)(H3,18,20,24). The lowest BCUT2D eigenvalue weighted by molar-refractivity contribution is -0.119. The van der Waals surface area contributed by atoms with Crippen molar-refractivity contribution in [3.05, 3.63) is 24.3 Å². The predicted octanol–water partition coefficient (Wildman–Crippen LogP) is 1.83. The largest absolute Gasteiger partial charge is 0.352 e. The van der Waals surface area contributed by atoms with Gasteiger partial charge in [0.05, 0.1) is 0 Å². The van der Waals surface area contributed by atoms with Crippen molar-refractivity contribution in [1.29, 1.82) is 0 Å². The van der Waals surface area contributed by atoms with Gasteiger partial charge in [-0.05, 0) is 30.5 Å². The predicted molar refractivity (Wildman–Crippen MR) is 92.6 cm³/mol. The number of nitrogens with zero attached hydrogens (tertiary/aromatic N) is 1. The van der Waals surface area contributed by atoms with Gasteiger partial charge in [0.15, 0.2) is 0 Å². The van der Waals surface area contributed by atoms with Crippen molar-refractivity contribution in [1.82, 2.24) is 5.32 Å². The van der Waals surface area contributed by atoms with Crippen molar-refractivity contribution < 1.29 is 14.4 Å². The van der Waals surface area contributed by atoms with E-state index in [2.05, 4.69) is 10.6 Å². The van der Waals surface area contributed by atoms with E-state index in [4.69, 9.17) is 5.73 Å². The molecule has 0 bridgehead atoms. The summed E-state index contributed by atoms with van der Waals surface area (Å²) < 4.78 is 0. The van der Waals surface area contributed by atoms with Crippen LogP contribution in [0.1, 0.15) is 33.1 Å². The van der Waals surface area contributed by atoms with Crippen molar-refractivity contribution in [2.45, 2.75) is 39.2 Å². The van der Waals surface area contributed by atoms with E-state index in [1.54, 1.807) is 23.1 Å². The van der Waals surface area contributed by atoms with Crippen molar-refractivity contribution in [2.24, 2.45) is 11.7 Å². The normalized spacial score (nSPS) is 16.6. The highest BCUT2D eigenvalue weighted by molar-refractivity contribution is 5.99. The maximum absolute atomic E-state index is 12.5. The van der Waals surface area contributed by atoms with Gasteiger partial charge in [0, 0.05) is 24.3 Å². The number of nitrogens with one attached hydrogen (secondary N) is 2. The lowest BCUT2D eigenvalue weighted by Gasteiger charge is -2.23. The molecule has 7 nitrogen and oxygen atoms in total. The Kier molecular flexibility index (Phi) is 5.78. The average molecular weight is 332 g/mol. The highest BCUT2D eigenvalue weighted by Crippen LogP contribution is 2.24. The molecule has 0 saturated carbocycles. The number of urea groups is 1. The molecule has 1 fully saturated rings. The van der Waals surface area contributed by atoms with Crippen molar-refractivity contribution in [3.8, 4) is 0 Å². The first-order chi connectivity index (χ1) is 11.4. The molecule has 1 aromatic rings. The molecular weight excluding hydrogens is 308 g/mol. The lowest BCUT2D eigenvalue weighted by Crippen LogP contribution is -2.49. The Hall–Kier alpha value is -2.57. The molecule has 7 heteroatoms. The minimum atomic E-state index is -0.730. The maximum atomic E-state index is 12.5. The number of nitrogens with two attached hydrogens (primary N) is 1. The Morgan fingerprint density at radius 1 is 1.38 bits per heavy atom. The maximum Gasteiger partial charge on any atom is 0.312 e. The second kappa shape index (κ2) is 7.81. The summed E-state index contributed by atoms with van der Waals surface area (Å²) in [5.41, 5.74) is 6.51. The van der Waals surface area contributed by atoms with Crippen LogP contribution < -0.4 is 21.3 Å². The number of hydrogen-bond acceptors (Lipinski definition) is 3. The Bertz CT molecular complexity index is 632. The van der Waals surface area contributed by atoms with Crippen molar-refractivity contribution >= 4 is 29.2 Å². The highest BCUT2D eigenvalue weighted by atomic mass is 16.2. The van der Waals surface area contributed by atoms with Gasteiger partial charge >= 0.3 is 6.03 Å². The van der Waals surface area contributed by atoms with Gasteiger partial charge in [-0.25, -0.2) is 4.79 Å². The van der Waals surface area contributed by atoms with E-state index in [9.17, 15) is 14.4 Å². The second-order valence-electron chi connectivity index (χ2n) is 6.06. The van der Waals surface area contributed by atoms with E-state index < -0.39 is 12.1 Å². The summed E-state index contributed by atoms with van der Waals surface area (Å²) in [4.78, 5) is 37.2. The van der Waals surface area contributed by atoms with Crippen LogP contribution in [0.25, 0.3) is 0 Å². The number of hydrogen-bond donors (Lipinski definition) is 3. The van der Waals surface area contributed by atoms with Gasteiger partial charge < -0.3 is 21.3 Å². The average Bonchev–Trinajstić information content (AvgIpc) is 2.98. The second-order valence-corrected chi connectivity index (χ2v) is 6.06. The molecular formula is C17H24N4O3. The third-order valence-corrected chi connectivity index (χ3v) is 4.29. The number of carbonyl (C=O) groups excluding carboxylic acids is 3. The first kappa shape index (κ1) is 17.8. The van der Waals surface area contributed by atoms with E-state index >= 15 is 0 Å². The summed E-state index contributed by atoms with van der Waals surface area (Å²) in [6.45, 7) is 4.50. The molecule has 0 radical (unpaired) electrons. The van der Waals surface area contributed by atoms with Crippen LogP contribution in [-0.2, 0) is 9.59 Å². The molecule has 2 atom stereocenters. The quantitative estimate of drug-likeness (QED) is 0.740. The van der Waals surface area contributed by atoms with Crippen LogP contribution in [0.4, 0.5) is 16.2 Å². The van der Waals surface area contributed by atoms with E-state index in [1.807, 2.05) is 19.9 Å². The molecule has 1 aliphatic heterocycles. The number of amides is 4. The first-order valence-electron chi connectivity index (χ1n) is 8.19. The Morgan fingerprint density at radius 3 is 2.71 bits per heavy atom. The van der Waals surface area contributed by atoms with E-state index in [1.165, 1.54) is 0 Å². The molecule has 1 saturated heterocycles. The van der Waals surface area contributed by atoms with Gasteiger partial charge in [-0.1, -0.05) is 26.3 Å². The summed E-state index contributed by atoms with van der Waals surface area (Å²) in [6.07, 6.45) is 2.12. The number of benzene rings is 1. The van der Waals surface area contributed by atoms with E-state index in [-0.39, 0.29) is 17.7 Å². The van der Waals surface area contributed by atoms with Crippen LogP contribution in [0.5, 0.6) is 0 Å². The minimum absolute atomic E-state index is 0.0548. The SMILES string of the molecule is CCC(C)C(NC(N)=O)C(=O)Nc1cccc(N2CCCC2=O)c1. The van der Waals surface area contributed by atoms with Crippen molar-refractivity contribution in [2.75, 3.05) is 16.8 Å². The number of anilines is 2. The number of primary amides is 1. The molecule has 1 heterocycles. The zero-order chi connectivity index (χ0) is 17.7. The summed E-state index contributed by atoms with van der Waals surface area (Å²) in [5, 5.41) is 5.28. The topological polar surface area (TPSA) is 105 Å². The molecule has 24 heavy (non-hydrogen) atoms. The zero-order valence-corrected chi connectivity index (χ0v) is 14.0. The van der Waals surface area contributed by atoms with Gasteiger partial charge in [-0.3, -0.25) is 9.59 Å². The van der Waals surface area contributed by atoms with Gasteiger partial charge in [-0.15, -0.1) is 0 Å². The molecule has 2 rings (SSSR count). The summed E-state index contributed by atoms with van der Waals surface area (Å²) in [6, 6.07) is 5.71. The number of rotatable bonds is 6. The van der Waals surface area contributed by atoms with Gasteiger partial charge in [0.2, 0.25) is 11.8 Å². The monoisotopic (exact) mass is 332 g/mol. The highest BCUT2D eigenvalue weighted by Gasteiger charge is 2.26. The van der Waals surface area contributed by atoms with Gasteiger partial charge in [0.25, 0.3) is 0 Å². The first-order valence-corrected chi connectivity index (χ1v) is 8.19. The fourth-order valence-corrected chi connectivity index (χ4v) is 2.75. The zero-order valence-electron chi connectivity index (χ0n) is 14.0. The summed E-state index contributed by atoms with van der Waals surface area (Å²) in [7, 11) is 0. The molecule has 0 aromatic heterocycles. The van der Waals surface area contributed by atoms with Crippen LogP contribution in [-0.4, -0.2) is 30.4 Å². The van der Waals surface area contributed by atoms with Crippen LogP contribution in [0.15, 0.2) is 24.3 Å². The van der Waals surface area contributed by atoms with E-state index in [0.29, 0.717) is 18.7 Å². The fourth-order valence-electron chi connectivity index (χ4n) is 2.75. The minimum Gasteiger partial charge on any atom is -0.352 e. The Balaban J connectivity index is 2.12. The van der Waals surface area contributed by atoms with Crippen LogP contribution in [0.2, 0.25) is 0 Å². The Labute approximate surface area is 141 Å². The Morgan fingerprint density at radius 2 is 2.12 bits per heavy atom. The van der Waals surface area contributed by atoms with Crippen LogP contribution in [0, 0.1) is 5.92 Å².